The molecule has 0 unspecified atom stereocenters. The van der Waals surface area contributed by atoms with E-state index in [2.05, 4.69) is 10.6 Å². The van der Waals surface area contributed by atoms with E-state index >= 15 is 0 Å². The van der Waals surface area contributed by atoms with Crippen molar-refractivity contribution in [1.82, 2.24) is 10.6 Å². The summed E-state index contributed by atoms with van der Waals surface area (Å²) in [6, 6.07) is 6.99. The number of hydrogen-bond acceptors (Lipinski definition) is 3. The van der Waals surface area contributed by atoms with Crippen LogP contribution in [0.5, 0.6) is 0 Å². The van der Waals surface area contributed by atoms with Crippen LogP contribution in [0.3, 0.4) is 0 Å². The summed E-state index contributed by atoms with van der Waals surface area (Å²) in [4.78, 5) is 22.6. The summed E-state index contributed by atoms with van der Waals surface area (Å²) in [6.07, 6.45) is 0. The van der Waals surface area contributed by atoms with Crippen LogP contribution in [0.1, 0.15) is 12.5 Å². The third kappa shape index (κ3) is 4.58. The van der Waals surface area contributed by atoms with Gasteiger partial charge < -0.3 is 5.32 Å². The van der Waals surface area contributed by atoms with Crippen LogP contribution in [0.15, 0.2) is 24.3 Å². The second kappa shape index (κ2) is 7.28. The molecule has 0 heterocycles. The third-order valence-electron chi connectivity index (χ3n) is 2.28. The van der Waals surface area contributed by atoms with Crippen LogP contribution < -0.4 is 10.6 Å². The fourth-order valence-electron chi connectivity index (χ4n) is 1.18. The molecule has 1 aromatic carbocycles. The van der Waals surface area contributed by atoms with Gasteiger partial charge in [-0.2, -0.15) is 0 Å². The molecule has 0 bridgehead atoms. The Morgan fingerprint density at radius 2 is 2.06 bits per heavy atom. The number of benzene rings is 1. The van der Waals surface area contributed by atoms with Crippen molar-refractivity contribution in [3.05, 3.63) is 34.9 Å². The minimum absolute atomic E-state index is 0.314. The Labute approximate surface area is 115 Å². The molecule has 0 aliphatic carbocycles. The Morgan fingerprint density at radius 3 is 2.67 bits per heavy atom. The predicted molar refractivity (Wildman–Crippen MR) is 74.8 cm³/mol. The molecule has 0 radical (unpaired) electrons. The minimum atomic E-state index is -0.495. The highest BCUT2D eigenvalue weighted by Crippen LogP contribution is 2.23. The maximum atomic E-state index is 11.6. The number of thioether (sulfide) groups is 1. The lowest BCUT2D eigenvalue weighted by Gasteiger charge is -2.11. The fraction of sp³-hybridized carbons (Fsp3) is 0.333. The van der Waals surface area contributed by atoms with Crippen molar-refractivity contribution < 1.29 is 9.59 Å². The molecule has 2 N–H and O–H groups in total. The van der Waals surface area contributed by atoms with Gasteiger partial charge in [0.15, 0.2) is 0 Å². The molecule has 0 aliphatic heterocycles. The van der Waals surface area contributed by atoms with Crippen LogP contribution in [0, 0.1) is 0 Å². The van der Waals surface area contributed by atoms with Crippen LogP contribution in [0.2, 0.25) is 5.02 Å². The molecule has 1 aromatic rings. The number of halogens is 1. The quantitative estimate of drug-likeness (QED) is 0.894. The Hall–Kier alpha value is -1.20. The molecule has 0 aliphatic rings. The Morgan fingerprint density at radius 1 is 1.39 bits per heavy atom. The van der Waals surface area contributed by atoms with Crippen molar-refractivity contribution in [2.45, 2.75) is 17.9 Å². The van der Waals surface area contributed by atoms with E-state index in [0.717, 1.165) is 5.56 Å². The second-order valence-electron chi connectivity index (χ2n) is 3.61. The number of imide groups is 1. The maximum Gasteiger partial charge on any atom is 0.321 e. The van der Waals surface area contributed by atoms with Crippen molar-refractivity contribution in [3.63, 3.8) is 0 Å². The number of rotatable bonds is 4. The van der Waals surface area contributed by atoms with E-state index in [1.807, 2.05) is 24.3 Å². The van der Waals surface area contributed by atoms with Crippen molar-refractivity contribution in [2.24, 2.45) is 0 Å². The summed E-state index contributed by atoms with van der Waals surface area (Å²) >= 11 is 7.44. The van der Waals surface area contributed by atoms with Crippen LogP contribution in [-0.4, -0.2) is 24.2 Å². The fourth-order valence-corrected chi connectivity index (χ4v) is 2.36. The summed E-state index contributed by atoms with van der Waals surface area (Å²) in [6.45, 7) is 1.75. The van der Waals surface area contributed by atoms with Gasteiger partial charge in [0.25, 0.3) is 0 Å². The van der Waals surface area contributed by atoms with Gasteiger partial charge >= 0.3 is 6.03 Å². The summed E-state index contributed by atoms with van der Waals surface area (Å²) in [5.74, 6) is 0.313. The standard InChI is InChI=1S/C12H15ClN2O2S/c1-8(11(16)15-12(17)14-2)18-7-9-5-3-4-6-10(9)13/h3-6,8H,7H2,1-2H3,(H2,14,15,16,17)/t8-/m0/s1. The zero-order valence-corrected chi connectivity index (χ0v) is 11.8. The number of urea groups is 1. The number of hydrogen-bond donors (Lipinski definition) is 2. The van der Waals surface area contributed by atoms with Gasteiger partial charge in [0.1, 0.15) is 0 Å². The molecule has 6 heteroatoms. The number of amides is 3. The first-order valence-corrected chi connectivity index (χ1v) is 6.85. The van der Waals surface area contributed by atoms with Crippen LogP contribution >= 0.6 is 23.4 Å². The predicted octanol–water partition coefficient (Wildman–Crippen LogP) is 2.42. The van der Waals surface area contributed by atoms with Gasteiger partial charge in [-0.25, -0.2) is 4.79 Å². The highest BCUT2D eigenvalue weighted by molar-refractivity contribution is 7.99. The lowest BCUT2D eigenvalue weighted by molar-refractivity contribution is -0.119. The minimum Gasteiger partial charge on any atom is -0.341 e. The maximum absolute atomic E-state index is 11.6. The highest BCUT2D eigenvalue weighted by Gasteiger charge is 2.15. The van der Waals surface area contributed by atoms with E-state index in [1.165, 1.54) is 18.8 Å². The first-order valence-electron chi connectivity index (χ1n) is 5.42. The van der Waals surface area contributed by atoms with E-state index in [9.17, 15) is 9.59 Å². The Balaban J connectivity index is 2.46. The summed E-state index contributed by atoms with van der Waals surface area (Å²) in [5, 5.41) is 4.93. The first kappa shape index (κ1) is 14.9. The van der Waals surface area contributed by atoms with Gasteiger partial charge in [-0.05, 0) is 18.6 Å². The van der Waals surface area contributed by atoms with Gasteiger partial charge in [0.2, 0.25) is 5.91 Å². The topological polar surface area (TPSA) is 58.2 Å². The largest absolute Gasteiger partial charge is 0.341 e. The van der Waals surface area contributed by atoms with Crippen molar-refractivity contribution in [1.29, 1.82) is 0 Å². The first-order chi connectivity index (χ1) is 8.54. The molecule has 0 aromatic heterocycles. The second-order valence-corrected chi connectivity index (χ2v) is 5.35. The van der Waals surface area contributed by atoms with E-state index in [4.69, 9.17) is 11.6 Å². The molecule has 0 fully saturated rings. The molecular weight excluding hydrogens is 272 g/mol. The van der Waals surface area contributed by atoms with Crippen molar-refractivity contribution in [2.75, 3.05) is 7.05 Å². The molecule has 4 nitrogen and oxygen atoms in total. The number of carbonyl (C=O) groups excluding carboxylic acids is 2. The Bertz CT molecular complexity index is 440. The van der Waals surface area contributed by atoms with Crippen LogP contribution in [0.25, 0.3) is 0 Å². The summed E-state index contributed by atoms with van der Waals surface area (Å²) < 4.78 is 0. The van der Waals surface area contributed by atoms with E-state index in [-0.39, 0.29) is 11.2 Å². The molecule has 0 saturated heterocycles. The molecule has 1 rings (SSSR count). The van der Waals surface area contributed by atoms with Gasteiger partial charge in [-0.3, -0.25) is 10.1 Å². The molecule has 0 spiro atoms. The van der Waals surface area contributed by atoms with Crippen molar-refractivity contribution >= 4 is 35.3 Å². The summed E-state index contributed by atoms with van der Waals surface area (Å²) in [5.41, 5.74) is 0.976. The van der Waals surface area contributed by atoms with Crippen molar-refractivity contribution in [3.8, 4) is 0 Å². The SMILES string of the molecule is CNC(=O)NC(=O)[C@H](C)SCc1ccccc1Cl. The third-order valence-corrected chi connectivity index (χ3v) is 3.84. The smallest absolute Gasteiger partial charge is 0.321 e. The Kier molecular flexibility index (Phi) is 6.01. The lowest BCUT2D eigenvalue weighted by Crippen LogP contribution is -2.41. The highest BCUT2D eigenvalue weighted by atomic mass is 35.5. The normalized spacial score (nSPS) is 11.7. The van der Waals surface area contributed by atoms with Crippen LogP contribution in [-0.2, 0) is 10.5 Å². The van der Waals surface area contributed by atoms with Gasteiger partial charge in [0, 0.05) is 17.8 Å². The summed E-state index contributed by atoms with van der Waals surface area (Å²) in [7, 11) is 1.46. The molecule has 3 amide bonds. The van der Waals surface area contributed by atoms with Gasteiger partial charge in [0.05, 0.1) is 5.25 Å². The lowest BCUT2D eigenvalue weighted by atomic mass is 10.2. The molecule has 98 valence electrons. The monoisotopic (exact) mass is 286 g/mol. The molecule has 0 saturated carbocycles. The average Bonchev–Trinajstić information content (AvgIpc) is 2.37. The zero-order chi connectivity index (χ0) is 13.5. The van der Waals surface area contributed by atoms with Gasteiger partial charge in [-0.1, -0.05) is 29.8 Å². The number of nitrogens with one attached hydrogen (secondary N) is 2. The zero-order valence-electron chi connectivity index (χ0n) is 10.2. The van der Waals surface area contributed by atoms with Crippen LogP contribution in [0.4, 0.5) is 4.79 Å². The van der Waals surface area contributed by atoms with E-state index < -0.39 is 6.03 Å². The molecule has 1 atom stereocenters. The molecule has 18 heavy (non-hydrogen) atoms. The average molecular weight is 287 g/mol. The number of carbonyl (C=O) groups is 2. The van der Waals surface area contributed by atoms with E-state index in [0.29, 0.717) is 10.8 Å². The van der Waals surface area contributed by atoms with E-state index in [1.54, 1.807) is 6.92 Å². The molecular formula is C12H15ClN2O2S. The van der Waals surface area contributed by atoms with Gasteiger partial charge in [-0.15, -0.1) is 11.8 Å².